The molecule has 0 aromatic carbocycles. The fraction of sp³-hybridized carbons (Fsp3) is 0.167. The van der Waals surface area contributed by atoms with Gasteiger partial charge in [0.15, 0.2) is 0 Å². The molecule has 0 spiro atoms. The number of Topliss-reactive ketones (excluding diaryl/α,β-unsaturated/α-hetero) is 1. The fourth-order valence-electron chi connectivity index (χ4n) is 0.502. The van der Waals surface area contributed by atoms with Gasteiger partial charge < -0.3 is 0 Å². The molecule has 5 heteroatoms. The second kappa shape index (κ2) is 3.36. The predicted octanol–water partition coefficient (Wildman–Crippen LogP) is 3.34. The Kier molecular flexibility index (Phi) is 2.07. The highest BCUT2D eigenvalue weighted by Gasteiger charge is 2.24. The predicted molar refractivity (Wildman–Crippen MR) is 47.1 cm³/mol. The minimum atomic E-state index is -2.18. The van der Waals surface area contributed by atoms with Crippen LogP contribution in [0.4, 0.5) is 0 Å². The highest BCUT2D eigenvalue weighted by Crippen LogP contribution is 2.35. The van der Waals surface area contributed by atoms with Crippen LogP contribution >= 0.6 is 46.4 Å². The van der Waals surface area contributed by atoms with Gasteiger partial charge in [0.25, 0.3) is 0 Å². The first-order valence-electron chi connectivity index (χ1n) is 3.46. The first-order chi connectivity index (χ1) is 5.80. The van der Waals surface area contributed by atoms with Crippen molar-refractivity contribution in [2.45, 2.75) is 6.37 Å². The first kappa shape index (κ1) is 6.79. The lowest BCUT2D eigenvalue weighted by Gasteiger charge is -2.09. The molecular weight excluding hydrogens is 230 g/mol. The number of hydrogen-bond donors (Lipinski definition) is 0. The minimum absolute atomic E-state index is 0.430. The first-order valence-corrected chi connectivity index (χ1v) is 3.97. The largest absolute Gasteiger partial charge is 0.287 e. The second-order valence-electron chi connectivity index (χ2n) is 1.71. The molecule has 0 aliphatic heterocycles. The van der Waals surface area contributed by atoms with E-state index in [1.54, 1.807) is 0 Å². The van der Waals surface area contributed by atoms with Gasteiger partial charge in [0.1, 0.15) is 10.1 Å². The lowest BCUT2D eigenvalue weighted by atomic mass is 10.2. The molecule has 0 N–H and O–H groups in total. The van der Waals surface area contributed by atoms with Crippen LogP contribution in [0.15, 0.2) is 20.1 Å². The monoisotopic (exact) mass is 232 g/mol. The van der Waals surface area contributed by atoms with Gasteiger partial charge in [-0.15, -0.1) is 0 Å². The Balaban J connectivity index is 3.39. The molecule has 0 radical (unpaired) electrons. The van der Waals surface area contributed by atoms with Gasteiger partial charge in [-0.2, -0.15) is 0 Å². The summed E-state index contributed by atoms with van der Waals surface area (Å²) in [6.07, 6.45) is -2.18. The van der Waals surface area contributed by atoms with E-state index in [1.807, 2.05) is 0 Å². The topological polar surface area (TPSA) is 17.1 Å². The Morgan fingerprint density at radius 2 is 1.45 bits per heavy atom. The van der Waals surface area contributed by atoms with E-state index in [0.717, 1.165) is 0 Å². The zero-order chi connectivity index (χ0) is 10.4. The van der Waals surface area contributed by atoms with Gasteiger partial charge in [-0.3, -0.25) is 4.79 Å². The number of allylic oxidation sites excluding steroid dienone is 4. The van der Waals surface area contributed by atoms with Crippen LogP contribution in [-0.4, -0.2) is 5.78 Å². The zero-order valence-electron chi connectivity index (χ0n) is 6.92. The van der Waals surface area contributed by atoms with Crippen molar-refractivity contribution in [3.8, 4) is 0 Å². The third-order valence-electron chi connectivity index (χ3n) is 1.00. The van der Waals surface area contributed by atoms with Crippen molar-refractivity contribution < 1.29 is 7.54 Å². The van der Waals surface area contributed by atoms with E-state index in [2.05, 4.69) is 0 Å². The summed E-state index contributed by atoms with van der Waals surface area (Å²) < 4.78 is 14.7. The number of hydrogen-bond acceptors (Lipinski definition) is 1. The third-order valence-corrected chi connectivity index (χ3v) is 2.49. The lowest BCUT2D eigenvalue weighted by Crippen LogP contribution is -2.06. The summed E-state index contributed by atoms with van der Waals surface area (Å²) >= 11 is 21.9. The Bertz CT molecular complexity index is 315. The number of rotatable bonds is 0. The molecule has 0 heterocycles. The summed E-state index contributed by atoms with van der Waals surface area (Å²) in [4.78, 5) is 11.1. The van der Waals surface area contributed by atoms with Crippen molar-refractivity contribution in [1.29, 1.82) is 0 Å². The minimum Gasteiger partial charge on any atom is -0.287 e. The Labute approximate surface area is 86.4 Å². The van der Waals surface area contributed by atoms with Crippen molar-refractivity contribution in [3.05, 3.63) is 20.1 Å². The summed E-state index contributed by atoms with van der Waals surface area (Å²) in [6, 6.07) is 0. The highest BCUT2D eigenvalue weighted by atomic mass is 35.5. The van der Waals surface area contributed by atoms with E-state index >= 15 is 0 Å². The van der Waals surface area contributed by atoms with Crippen LogP contribution in [0, 0.1) is 0 Å². The van der Waals surface area contributed by atoms with Crippen LogP contribution in [0.1, 0.15) is 9.11 Å². The van der Waals surface area contributed by atoms with E-state index in [0.29, 0.717) is 0 Å². The normalized spacial score (nSPS) is 27.1. The van der Waals surface area contributed by atoms with Crippen molar-refractivity contribution in [3.63, 3.8) is 0 Å². The van der Waals surface area contributed by atoms with Gasteiger partial charge >= 0.3 is 0 Å². The van der Waals surface area contributed by atoms with Gasteiger partial charge in [0.05, 0.1) is 0 Å². The Morgan fingerprint density at radius 1 is 1.09 bits per heavy atom. The van der Waals surface area contributed by atoms with Crippen LogP contribution < -0.4 is 0 Å². The molecule has 0 aromatic rings. The molecule has 1 aliphatic rings. The van der Waals surface area contributed by atoms with Gasteiger partial charge in [-0.05, 0) is 0 Å². The van der Waals surface area contributed by atoms with Crippen molar-refractivity contribution in [2.75, 3.05) is 0 Å². The maximum absolute atomic E-state index is 11.1. The second-order valence-corrected chi connectivity index (χ2v) is 3.22. The van der Waals surface area contributed by atoms with Crippen LogP contribution in [0.2, 0.25) is 0 Å². The third kappa shape index (κ3) is 1.73. The van der Waals surface area contributed by atoms with Gasteiger partial charge in [-0.1, -0.05) is 46.4 Å². The molecule has 60 valence electrons. The summed E-state index contributed by atoms with van der Waals surface area (Å²) in [6.45, 7) is 0. The molecule has 1 nitrogen and oxygen atoms in total. The van der Waals surface area contributed by atoms with E-state index in [1.165, 1.54) is 0 Å². The maximum atomic E-state index is 11.1. The molecular formula is C6H2Cl4O. The molecule has 0 saturated heterocycles. The fourth-order valence-corrected chi connectivity index (χ4v) is 1.24. The summed E-state index contributed by atoms with van der Waals surface area (Å²) in [7, 11) is 0. The van der Waals surface area contributed by atoms with E-state index in [9.17, 15) is 4.79 Å². The SMILES string of the molecule is [2H]C1([2H])C(Cl)=C(Cl)C(=O)C(Cl)=C1Cl. The van der Waals surface area contributed by atoms with Gasteiger partial charge in [-0.25, -0.2) is 0 Å². The average molecular weight is 234 g/mol. The van der Waals surface area contributed by atoms with Crippen LogP contribution in [0.5, 0.6) is 0 Å². The Hall–Kier alpha value is 0.310. The molecule has 0 unspecified atom stereocenters. The molecule has 0 bridgehead atoms. The molecule has 0 atom stereocenters. The van der Waals surface area contributed by atoms with E-state index in [4.69, 9.17) is 49.1 Å². The van der Waals surface area contributed by atoms with Crippen LogP contribution in [-0.2, 0) is 4.79 Å². The average Bonchev–Trinajstić information content (AvgIpc) is 2.09. The van der Waals surface area contributed by atoms with Crippen LogP contribution in [0.3, 0.4) is 0 Å². The standard InChI is InChI=1S/C6H2Cl4O/c7-2-1-3(8)5(10)6(11)4(2)9/h1H2/i1D2. The highest BCUT2D eigenvalue weighted by molar-refractivity contribution is 6.60. The maximum Gasteiger partial charge on any atom is 0.218 e. The lowest BCUT2D eigenvalue weighted by molar-refractivity contribution is -0.111. The van der Waals surface area contributed by atoms with E-state index < -0.39 is 32.3 Å². The molecule has 0 saturated carbocycles. The number of halogens is 4. The molecule has 1 rings (SSSR count). The summed E-state index contributed by atoms with van der Waals surface area (Å²) in [5, 5.41) is -1.73. The summed E-state index contributed by atoms with van der Waals surface area (Å²) in [5.74, 6) is -0.756. The quantitative estimate of drug-likeness (QED) is 0.628. The molecule has 0 fully saturated rings. The Morgan fingerprint density at radius 3 is 1.82 bits per heavy atom. The summed E-state index contributed by atoms with van der Waals surface area (Å²) in [5.41, 5.74) is 0. The van der Waals surface area contributed by atoms with Crippen molar-refractivity contribution in [1.82, 2.24) is 0 Å². The molecule has 0 aromatic heterocycles. The zero-order valence-corrected chi connectivity index (χ0v) is 7.94. The van der Waals surface area contributed by atoms with E-state index in [-0.39, 0.29) is 0 Å². The van der Waals surface area contributed by atoms with Crippen molar-refractivity contribution in [2.24, 2.45) is 0 Å². The molecule has 0 amide bonds. The van der Waals surface area contributed by atoms with Crippen molar-refractivity contribution >= 4 is 52.2 Å². The van der Waals surface area contributed by atoms with Gasteiger partial charge in [0, 0.05) is 19.2 Å². The number of ketones is 1. The van der Waals surface area contributed by atoms with Crippen LogP contribution in [0.25, 0.3) is 0 Å². The van der Waals surface area contributed by atoms with Gasteiger partial charge in [0.2, 0.25) is 5.78 Å². The number of carbonyl (C=O) groups excluding carboxylic acids is 1. The number of carbonyl (C=O) groups is 1. The molecule has 1 aliphatic carbocycles. The molecule has 11 heavy (non-hydrogen) atoms. The smallest absolute Gasteiger partial charge is 0.218 e.